The van der Waals surface area contributed by atoms with Gasteiger partial charge in [0.1, 0.15) is 5.78 Å². The van der Waals surface area contributed by atoms with E-state index in [1.165, 1.54) is 0 Å². The Morgan fingerprint density at radius 2 is 1.53 bits per heavy atom. The quantitative estimate of drug-likeness (QED) is 0.154. The Morgan fingerprint density at radius 1 is 1.00 bits per heavy atom. The number of nitrogens with zero attached hydrogens (tertiary/aromatic N) is 3. The molecule has 4 aliphatic rings. The van der Waals surface area contributed by atoms with Crippen molar-refractivity contribution in [2.24, 2.45) is 39.6 Å². The fourth-order valence-electron chi connectivity index (χ4n) is 8.53. The molecule has 0 radical (unpaired) electrons. The SMILES string of the molecule is C=C1C(N=[N+]=[N-])[C@@H]2C(=O)[C@]3(C=C(C)[C@H](OC(=O)c4ccccc4)[C@@]3(O)[C@@H]1OC(=O)c1ccccc1)[C@H](C)C[C@@H]1[C@H]2C1(C)C. The molecule has 9 nitrogen and oxygen atoms in total. The maximum absolute atomic E-state index is 15.1. The number of aliphatic hydroxyl groups is 1. The number of rotatable bonds is 5. The number of carbonyl (C=O) groups is 3. The zero-order valence-corrected chi connectivity index (χ0v) is 24.6. The van der Waals surface area contributed by atoms with E-state index in [9.17, 15) is 20.2 Å². The van der Waals surface area contributed by atoms with E-state index in [0.717, 1.165) is 0 Å². The molecule has 1 N–H and O–H groups in total. The van der Waals surface area contributed by atoms with Crippen LogP contribution in [0.15, 0.2) is 89.6 Å². The molecule has 0 aromatic heterocycles. The first-order valence-electron chi connectivity index (χ1n) is 14.6. The Labute approximate surface area is 250 Å². The number of benzene rings is 2. The minimum Gasteiger partial charge on any atom is -0.451 e. The molecular weight excluding hydrogens is 546 g/mol. The van der Waals surface area contributed by atoms with Crippen molar-refractivity contribution in [3.8, 4) is 0 Å². The molecule has 3 fully saturated rings. The molecule has 0 saturated heterocycles. The maximum Gasteiger partial charge on any atom is 0.338 e. The smallest absolute Gasteiger partial charge is 0.338 e. The van der Waals surface area contributed by atoms with E-state index in [1.54, 1.807) is 73.7 Å². The van der Waals surface area contributed by atoms with E-state index in [0.29, 0.717) is 12.0 Å². The van der Waals surface area contributed by atoms with Crippen molar-refractivity contribution in [2.75, 3.05) is 0 Å². The van der Waals surface area contributed by atoms with Crippen LogP contribution in [0.5, 0.6) is 0 Å². The molecule has 2 aromatic rings. The largest absolute Gasteiger partial charge is 0.451 e. The molecule has 3 saturated carbocycles. The number of hydrogen-bond acceptors (Lipinski definition) is 7. The summed E-state index contributed by atoms with van der Waals surface area (Å²) in [4.78, 5) is 45.2. The summed E-state index contributed by atoms with van der Waals surface area (Å²) in [5, 5.41) is 17.3. The molecule has 4 aliphatic carbocycles. The Kier molecular flexibility index (Phi) is 6.67. The molecule has 2 aromatic carbocycles. The Morgan fingerprint density at radius 3 is 2.07 bits per heavy atom. The van der Waals surface area contributed by atoms with Gasteiger partial charge in [-0.1, -0.05) is 74.9 Å². The second-order valence-electron chi connectivity index (χ2n) is 13.1. The van der Waals surface area contributed by atoms with Gasteiger partial charge in [-0.2, -0.15) is 0 Å². The zero-order valence-electron chi connectivity index (χ0n) is 24.6. The van der Waals surface area contributed by atoms with Gasteiger partial charge in [0.2, 0.25) is 0 Å². The van der Waals surface area contributed by atoms with Crippen molar-refractivity contribution in [3.05, 3.63) is 106 Å². The zero-order chi connectivity index (χ0) is 30.9. The number of ketones is 1. The number of azide groups is 1. The minimum absolute atomic E-state index is 0.101. The van der Waals surface area contributed by atoms with E-state index in [1.807, 2.05) is 6.92 Å². The summed E-state index contributed by atoms with van der Waals surface area (Å²) in [6.45, 7) is 12.0. The van der Waals surface area contributed by atoms with Gasteiger partial charge in [0.05, 0.1) is 22.6 Å². The van der Waals surface area contributed by atoms with Crippen LogP contribution in [0.4, 0.5) is 0 Å². The van der Waals surface area contributed by atoms with E-state index in [-0.39, 0.29) is 39.7 Å². The molecule has 0 heterocycles. The number of Topliss-reactive ketones (excluding diaryl/α,β-unsaturated/α-hetero) is 1. The summed E-state index contributed by atoms with van der Waals surface area (Å²) >= 11 is 0. The summed E-state index contributed by atoms with van der Waals surface area (Å²) < 4.78 is 12.2. The van der Waals surface area contributed by atoms with Crippen molar-refractivity contribution in [1.29, 1.82) is 0 Å². The molecule has 2 bridgehead atoms. The summed E-state index contributed by atoms with van der Waals surface area (Å²) in [7, 11) is 0. The molecule has 222 valence electrons. The van der Waals surface area contributed by atoms with Gasteiger partial charge < -0.3 is 14.6 Å². The highest BCUT2D eigenvalue weighted by Gasteiger charge is 2.79. The summed E-state index contributed by atoms with van der Waals surface area (Å²) in [5.41, 5.74) is 6.63. The lowest BCUT2D eigenvalue weighted by Crippen LogP contribution is -2.66. The third-order valence-electron chi connectivity index (χ3n) is 10.7. The van der Waals surface area contributed by atoms with Crippen molar-refractivity contribution in [2.45, 2.75) is 58.0 Å². The lowest BCUT2D eigenvalue weighted by molar-refractivity contribution is -0.189. The Hall–Kier alpha value is -4.20. The first-order chi connectivity index (χ1) is 20.4. The molecule has 43 heavy (non-hydrogen) atoms. The third-order valence-corrected chi connectivity index (χ3v) is 10.7. The number of esters is 2. The highest BCUT2D eigenvalue weighted by atomic mass is 16.6. The number of hydrogen-bond donors (Lipinski definition) is 1. The van der Waals surface area contributed by atoms with Crippen LogP contribution >= 0.6 is 0 Å². The standard InChI is InChI=1S/C34H35N3O6/c1-18-17-33-19(2)16-23-25(32(23,4)5)24(27(33)38)26(36-37-35)20(3)29(43-31(40)22-14-10-7-11-15-22)34(33,41)28(18)42-30(39)21-12-8-6-9-13-21/h6-15,17,19,23-26,28-29,41H,3,16H2,1-2,4-5H3/t19-,23-,24-,25-,26?,28+,29-,33+,34-/m1/s1. The highest BCUT2D eigenvalue weighted by molar-refractivity contribution is 5.96. The van der Waals surface area contributed by atoms with Gasteiger partial charge in [0.25, 0.3) is 0 Å². The Bertz CT molecular complexity index is 1600. The van der Waals surface area contributed by atoms with Gasteiger partial charge in [-0.15, -0.1) is 0 Å². The lowest BCUT2D eigenvalue weighted by atomic mass is 9.59. The van der Waals surface area contributed by atoms with Crippen LogP contribution in [0.2, 0.25) is 0 Å². The second kappa shape index (κ2) is 9.93. The second-order valence-corrected chi connectivity index (χ2v) is 13.1. The average Bonchev–Trinajstić information content (AvgIpc) is 3.48. The summed E-state index contributed by atoms with van der Waals surface area (Å²) in [6.07, 6.45) is -0.596. The lowest BCUT2D eigenvalue weighted by Gasteiger charge is -2.49. The van der Waals surface area contributed by atoms with Crippen molar-refractivity contribution < 1.29 is 29.0 Å². The average molecular weight is 582 g/mol. The van der Waals surface area contributed by atoms with Crippen LogP contribution < -0.4 is 0 Å². The first kappa shape index (κ1) is 28.9. The predicted molar refractivity (Wildman–Crippen MR) is 158 cm³/mol. The van der Waals surface area contributed by atoms with Crippen LogP contribution in [0.1, 0.15) is 54.8 Å². The molecule has 1 unspecified atom stereocenters. The Balaban J connectivity index is 1.56. The van der Waals surface area contributed by atoms with Gasteiger partial charge >= 0.3 is 11.9 Å². The third kappa shape index (κ3) is 3.95. The van der Waals surface area contributed by atoms with Crippen LogP contribution in [-0.4, -0.2) is 46.7 Å². The molecule has 0 amide bonds. The summed E-state index contributed by atoms with van der Waals surface area (Å²) in [5.74, 6) is -3.02. The van der Waals surface area contributed by atoms with Gasteiger partial charge in [-0.25, -0.2) is 9.59 Å². The first-order valence-corrected chi connectivity index (χ1v) is 14.6. The normalized spacial score (nSPS) is 37.0. The van der Waals surface area contributed by atoms with Crippen LogP contribution in [0, 0.1) is 34.5 Å². The van der Waals surface area contributed by atoms with Crippen molar-refractivity contribution in [1.82, 2.24) is 0 Å². The monoisotopic (exact) mass is 581 g/mol. The molecular formula is C34H35N3O6. The number of ether oxygens (including phenoxy) is 2. The summed E-state index contributed by atoms with van der Waals surface area (Å²) in [6, 6.07) is 15.5. The predicted octanol–water partition coefficient (Wildman–Crippen LogP) is 5.86. The van der Waals surface area contributed by atoms with Gasteiger partial charge in [-0.3, -0.25) is 4.79 Å². The van der Waals surface area contributed by atoms with Gasteiger partial charge in [0, 0.05) is 10.8 Å². The van der Waals surface area contributed by atoms with Gasteiger partial charge in [-0.05, 0) is 77.5 Å². The number of fused-ring (bicyclic) bond motifs is 3. The molecule has 0 aliphatic heterocycles. The van der Waals surface area contributed by atoms with E-state index in [4.69, 9.17) is 9.47 Å². The van der Waals surface area contributed by atoms with E-state index < -0.39 is 53.0 Å². The fraction of sp³-hybridized carbons (Fsp3) is 0.441. The van der Waals surface area contributed by atoms with Crippen LogP contribution in [0.3, 0.4) is 0 Å². The molecule has 9 atom stereocenters. The van der Waals surface area contributed by atoms with Crippen LogP contribution in [-0.2, 0) is 14.3 Å². The molecule has 9 heteroatoms. The topological polar surface area (TPSA) is 139 Å². The minimum atomic E-state index is -2.27. The fourth-order valence-corrected chi connectivity index (χ4v) is 8.53. The maximum atomic E-state index is 15.1. The van der Waals surface area contributed by atoms with Crippen molar-refractivity contribution >= 4 is 17.7 Å². The van der Waals surface area contributed by atoms with Crippen molar-refractivity contribution in [3.63, 3.8) is 0 Å². The van der Waals surface area contributed by atoms with E-state index >= 15 is 4.79 Å². The van der Waals surface area contributed by atoms with Gasteiger partial charge in [0.15, 0.2) is 17.8 Å². The van der Waals surface area contributed by atoms with Crippen LogP contribution in [0.25, 0.3) is 10.4 Å². The number of carbonyl (C=O) groups excluding carboxylic acids is 3. The molecule has 6 rings (SSSR count). The van der Waals surface area contributed by atoms with E-state index in [2.05, 4.69) is 30.5 Å². The highest BCUT2D eigenvalue weighted by Crippen LogP contribution is 2.73. The molecule has 1 spiro atoms.